The van der Waals surface area contributed by atoms with E-state index in [9.17, 15) is 5.26 Å². The summed E-state index contributed by atoms with van der Waals surface area (Å²) in [5, 5.41) is 9.81. The first-order chi connectivity index (χ1) is 12.4. The Hall–Kier alpha value is -2.11. The van der Waals surface area contributed by atoms with Gasteiger partial charge in [-0.25, -0.2) is 0 Å². The van der Waals surface area contributed by atoms with E-state index < -0.39 is 0 Å². The monoisotopic (exact) mass is 350 g/mol. The van der Waals surface area contributed by atoms with Crippen LogP contribution < -0.4 is 5.73 Å². The molecule has 0 aliphatic heterocycles. The summed E-state index contributed by atoms with van der Waals surface area (Å²) in [4.78, 5) is 0. The molecule has 2 heteroatoms. The molecule has 0 spiro atoms. The van der Waals surface area contributed by atoms with Crippen LogP contribution in [-0.4, -0.2) is 6.54 Å². The van der Waals surface area contributed by atoms with E-state index in [0.717, 1.165) is 29.6 Å². The van der Waals surface area contributed by atoms with Gasteiger partial charge in [-0.15, -0.1) is 0 Å². The van der Waals surface area contributed by atoms with E-state index in [0.29, 0.717) is 13.0 Å². The summed E-state index contributed by atoms with van der Waals surface area (Å²) in [5.74, 6) is 0. The van der Waals surface area contributed by atoms with Crippen molar-refractivity contribution in [3.63, 3.8) is 0 Å². The van der Waals surface area contributed by atoms with Gasteiger partial charge in [0.2, 0.25) is 0 Å². The Labute approximate surface area is 160 Å². The Morgan fingerprint density at radius 3 is 2.38 bits per heavy atom. The molecular formula is C24H34N2. The van der Waals surface area contributed by atoms with Crippen LogP contribution in [0.4, 0.5) is 0 Å². The number of hydrogen-bond donors (Lipinski definition) is 1. The molecule has 0 heterocycles. The Balaban J connectivity index is 3.62. The first kappa shape index (κ1) is 21.9. The van der Waals surface area contributed by atoms with Crippen LogP contribution in [0.3, 0.4) is 0 Å². The number of hydrogen-bond acceptors (Lipinski definition) is 2. The quantitative estimate of drug-likeness (QED) is 0.423. The van der Waals surface area contributed by atoms with Crippen molar-refractivity contribution in [1.82, 2.24) is 0 Å². The summed E-state index contributed by atoms with van der Waals surface area (Å²) < 4.78 is 0. The maximum absolute atomic E-state index is 9.81. The van der Waals surface area contributed by atoms with Gasteiger partial charge in [0, 0.05) is 5.57 Å². The van der Waals surface area contributed by atoms with Crippen LogP contribution in [-0.2, 0) is 0 Å². The van der Waals surface area contributed by atoms with Crippen LogP contribution in [0.2, 0.25) is 0 Å². The highest BCUT2D eigenvalue weighted by molar-refractivity contribution is 5.60. The average molecular weight is 351 g/mol. The van der Waals surface area contributed by atoms with Crippen molar-refractivity contribution < 1.29 is 0 Å². The van der Waals surface area contributed by atoms with Gasteiger partial charge in [0.1, 0.15) is 0 Å². The normalized spacial score (nSPS) is 17.3. The van der Waals surface area contributed by atoms with Crippen molar-refractivity contribution in [1.29, 1.82) is 5.26 Å². The molecule has 140 valence electrons. The lowest BCUT2D eigenvalue weighted by Crippen LogP contribution is -2.08. The van der Waals surface area contributed by atoms with Gasteiger partial charge in [0.05, 0.1) is 6.07 Å². The standard InChI is InChI=1S/C24H34N2/c1-6-9-21(16-19(4)13-12-18(2)3)24(22(17-26)14-15-25)23-11-8-7-10-20(23)5/h6,9,12-13,16H,7-8,10-11,14-15,25H2,1-5H3/b9-6-,19-13+,21-16+,24-22+. The van der Waals surface area contributed by atoms with E-state index in [2.05, 4.69) is 64.1 Å². The predicted molar refractivity (Wildman–Crippen MR) is 114 cm³/mol. The van der Waals surface area contributed by atoms with Crippen molar-refractivity contribution in [2.45, 2.75) is 66.7 Å². The smallest absolute Gasteiger partial charge is 0.0954 e. The zero-order chi connectivity index (χ0) is 19.5. The Morgan fingerprint density at radius 2 is 1.85 bits per heavy atom. The first-order valence-electron chi connectivity index (χ1n) is 9.63. The molecule has 0 aromatic carbocycles. The summed E-state index contributed by atoms with van der Waals surface area (Å²) in [5.41, 5.74) is 14.0. The lowest BCUT2D eigenvalue weighted by Gasteiger charge is -2.23. The van der Waals surface area contributed by atoms with Gasteiger partial charge in [-0.2, -0.15) is 5.26 Å². The summed E-state index contributed by atoms with van der Waals surface area (Å²) in [6, 6.07) is 2.44. The van der Waals surface area contributed by atoms with Gasteiger partial charge in [-0.05, 0) is 90.0 Å². The molecule has 0 saturated heterocycles. The second-order valence-corrected chi connectivity index (χ2v) is 7.22. The molecule has 2 nitrogen and oxygen atoms in total. The van der Waals surface area contributed by atoms with Crippen molar-refractivity contribution in [3.05, 3.63) is 69.4 Å². The van der Waals surface area contributed by atoms with E-state index in [-0.39, 0.29) is 0 Å². The number of nitrogens with two attached hydrogens (primary N) is 1. The van der Waals surface area contributed by atoms with Crippen LogP contribution in [0, 0.1) is 11.3 Å². The van der Waals surface area contributed by atoms with Gasteiger partial charge in [0.15, 0.2) is 0 Å². The Morgan fingerprint density at radius 1 is 1.15 bits per heavy atom. The van der Waals surface area contributed by atoms with Crippen LogP contribution in [0.25, 0.3) is 0 Å². The van der Waals surface area contributed by atoms with Crippen molar-refractivity contribution in [2.75, 3.05) is 6.54 Å². The molecular weight excluding hydrogens is 316 g/mol. The second kappa shape index (κ2) is 11.5. The molecule has 0 saturated carbocycles. The van der Waals surface area contributed by atoms with Crippen LogP contribution in [0.5, 0.6) is 0 Å². The summed E-state index contributed by atoms with van der Waals surface area (Å²) in [6.45, 7) is 11.0. The Bertz CT molecular complexity index is 712. The van der Waals surface area contributed by atoms with Crippen LogP contribution >= 0.6 is 0 Å². The third-order valence-electron chi connectivity index (χ3n) is 4.57. The topological polar surface area (TPSA) is 49.8 Å². The minimum Gasteiger partial charge on any atom is -0.330 e. The lowest BCUT2D eigenvalue weighted by atomic mass is 9.81. The highest BCUT2D eigenvalue weighted by Crippen LogP contribution is 2.36. The van der Waals surface area contributed by atoms with Crippen molar-refractivity contribution >= 4 is 0 Å². The van der Waals surface area contributed by atoms with E-state index in [1.807, 2.05) is 6.92 Å². The van der Waals surface area contributed by atoms with Gasteiger partial charge in [-0.3, -0.25) is 0 Å². The van der Waals surface area contributed by atoms with Crippen molar-refractivity contribution in [2.24, 2.45) is 5.73 Å². The van der Waals surface area contributed by atoms with Crippen LogP contribution in [0.15, 0.2) is 69.4 Å². The fourth-order valence-corrected chi connectivity index (χ4v) is 3.28. The Kier molecular flexibility index (Phi) is 9.70. The SMILES string of the molecule is C\C=C/C(=C\C(C)=C\C=C(C)C)C(/C1=C(C)CCCC1)=C(\C#N)CCN. The van der Waals surface area contributed by atoms with Gasteiger partial charge >= 0.3 is 0 Å². The zero-order valence-electron chi connectivity index (χ0n) is 17.2. The molecule has 0 radical (unpaired) electrons. The molecule has 0 amide bonds. The molecule has 0 atom stereocenters. The third kappa shape index (κ3) is 6.65. The highest BCUT2D eigenvalue weighted by atomic mass is 14.5. The van der Waals surface area contributed by atoms with E-state index in [1.54, 1.807) is 0 Å². The maximum Gasteiger partial charge on any atom is 0.0954 e. The van der Waals surface area contributed by atoms with Gasteiger partial charge in [-0.1, -0.05) is 47.1 Å². The fraction of sp³-hybridized carbons (Fsp3) is 0.458. The van der Waals surface area contributed by atoms with Crippen molar-refractivity contribution in [3.8, 4) is 6.07 Å². The molecule has 0 aromatic heterocycles. The molecule has 1 aliphatic carbocycles. The minimum absolute atomic E-state index is 0.494. The first-order valence-corrected chi connectivity index (χ1v) is 9.63. The molecule has 1 aliphatic rings. The number of nitrogens with zero attached hydrogens (tertiary/aromatic N) is 1. The summed E-state index contributed by atoms with van der Waals surface area (Å²) in [7, 11) is 0. The molecule has 1 rings (SSSR count). The minimum atomic E-state index is 0.494. The molecule has 0 aromatic rings. The number of allylic oxidation sites excluding steroid dienone is 11. The van der Waals surface area contributed by atoms with Gasteiger partial charge in [0.25, 0.3) is 0 Å². The molecule has 26 heavy (non-hydrogen) atoms. The largest absolute Gasteiger partial charge is 0.330 e. The summed E-state index contributed by atoms with van der Waals surface area (Å²) >= 11 is 0. The molecule has 0 unspecified atom stereocenters. The van der Waals surface area contributed by atoms with Gasteiger partial charge < -0.3 is 5.73 Å². The van der Waals surface area contributed by atoms with E-state index in [1.165, 1.54) is 35.1 Å². The zero-order valence-corrected chi connectivity index (χ0v) is 17.2. The number of nitriles is 1. The van der Waals surface area contributed by atoms with Crippen LogP contribution in [0.1, 0.15) is 66.7 Å². The van der Waals surface area contributed by atoms with E-state index in [4.69, 9.17) is 5.73 Å². The predicted octanol–water partition coefficient (Wildman–Crippen LogP) is 6.46. The molecule has 0 bridgehead atoms. The summed E-state index contributed by atoms with van der Waals surface area (Å²) in [6.07, 6.45) is 15.8. The fourth-order valence-electron chi connectivity index (χ4n) is 3.28. The highest BCUT2D eigenvalue weighted by Gasteiger charge is 2.19. The molecule has 2 N–H and O–H groups in total. The van der Waals surface area contributed by atoms with E-state index >= 15 is 0 Å². The maximum atomic E-state index is 9.81. The lowest BCUT2D eigenvalue weighted by molar-refractivity contribution is 0.677. The number of rotatable bonds is 7. The average Bonchev–Trinajstić information content (AvgIpc) is 2.61. The molecule has 0 fully saturated rings. The third-order valence-corrected chi connectivity index (χ3v) is 4.57. The second-order valence-electron chi connectivity index (χ2n) is 7.22.